The van der Waals surface area contributed by atoms with E-state index in [-0.39, 0.29) is 12.1 Å². The van der Waals surface area contributed by atoms with Crippen molar-refractivity contribution in [3.05, 3.63) is 0 Å². The Labute approximate surface area is 105 Å². The molecule has 1 aliphatic carbocycles. The third-order valence-electron chi connectivity index (χ3n) is 3.82. The van der Waals surface area contributed by atoms with Crippen LogP contribution >= 0.6 is 0 Å². The number of nitrogens with two attached hydrogens (primary N) is 1. The minimum atomic E-state index is 0.107. The van der Waals surface area contributed by atoms with Crippen molar-refractivity contribution in [2.45, 2.75) is 44.6 Å². The van der Waals surface area contributed by atoms with Gasteiger partial charge in [-0.25, -0.2) is 0 Å². The molecule has 0 amide bonds. The summed E-state index contributed by atoms with van der Waals surface area (Å²) in [5, 5.41) is 8.68. The second-order valence-electron chi connectivity index (χ2n) is 4.96. The molecule has 0 bridgehead atoms. The van der Waals surface area contributed by atoms with E-state index in [4.69, 9.17) is 15.6 Å². The molecule has 0 atom stereocenters. The largest absolute Gasteiger partial charge is 0.394 e. The van der Waals surface area contributed by atoms with Crippen LogP contribution in [0.5, 0.6) is 0 Å². The van der Waals surface area contributed by atoms with E-state index in [9.17, 15) is 0 Å². The van der Waals surface area contributed by atoms with Crippen LogP contribution < -0.4 is 5.73 Å². The molecule has 0 aliphatic heterocycles. The van der Waals surface area contributed by atoms with Crippen LogP contribution in [0, 0.1) is 0 Å². The van der Waals surface area contributed by atoms with E-state index in [2.05, 4.69) is 11.8 Å². The van der Waals surface area contributed by atoms with Crippen LogP contribution in [0.4, 0.5) is 0 Å². The number of ether oxygens (including phenoxy) is 1. The maximum Gasteiger partial charge on any atom is 0.0698 e. The zero-order valence-electron chi connectivity index (χ0n) is 11.2. The molecule has 0 aromatic heterocycles. The van der Waals surface area contributed by atoms with Crippen molar-refractivity contribution in [2.75, 3.05) is 39.5 Å². The fourth-order valence-electron chi connectivity index (χ4n) is 2.88. The Morgan fingerprint density at radius 3 is 2.47 bits per heavy atom. The minimum absolute atomic E-state index is 0.107. The van der Waals surface area contributed by atoms with Gasteiger partial charge in [-0.05, 0) is 25.8 Å². The Morgan fingerprint density at radius 1 is 1.24 bits per heavy atom. The number of hydrogen-bond acceptors (Lipinski definition) is 4. The van der Waals surface area contributed by atoms with Gasteiger partial charge in [0.2, 0.25) is 0 Å². The molecule has 0 unspecified atom stereocenters. The van der Waals surface area contributed by atoms with Crippen LogP contribution in [0.2, 0.25) is 0 Å². The molecule has 4 heteroatoms. The van der Waals surface area contributed by atoms with E-state index in [0.717, 1.165) is 26.1 Å². The van der Waals surface area contributed by atoms with Gasteiger partial charge in [-0.2, -0.15) is 0 Å². The molecule has 4 nitrogen and oxygen atoms in total. The first kappa shape index (κ1) is 14.9. The highest BCUT2D eigenvalue weighted by Crippen LogP contribution is 2.34. The average molecular weight is 244 g/mol. The first-order chi connectivity index (χ1) is 8.29. The summed E-state index contributed by atoms with van der Waals surface area (Å²) in [4.78, 5) is 2.51. The molecular formula is C13H28N2O2. The summed E-state index contributed by atoms with van der Waals surface area (Å²) in [5.74, 6) is 0. The van der Waals surface area contributed by atoms with Crippen molar-refractivity contribution < 1.29 is 9.84 Å². The van der Waals surface area contributed by atoms with E-state index in [1.165, 1.54) is 25.7 Å². The Balaban J connectivity index is 2.45. The zero-order valence-corrected chi connectivity index (χ0v) is 11.2. The quantitative estimate of drug-likeness (QED) is 0.594. The second kappa shape index (κ2) is 8.03. The summed E-state index contributed by atoms with van der Waals surface area (Å²) < 4.78 is 5.38. The lowest BCUT2D eigenvalue weighted by atomic mass is 9.95. The first-order valence-electron chi connectivity index (χ1n) is 6.93. The normalized spacial score (nSPS) is 19.1. The summed E-state index contributed by atoms with van der Waals surface area (Å²) in [5.41, 5.74) is 6.23. The first-order valence-corrected chi connectivity index (χ1v) is 6.93. The summed E-state index contributed by atoms with van der Waals surface area (Å²) >= 11 is 0. The topological polar surface area (TPSA) is 58.7 Å². The van der Waals surface area contributed by atoms with Gasteiger partial charge < -0.3 is 15.6 Å². The molecule has 1 rings (SSSR count). The van der Waals surface area contributed by atoms with Gasteiger partial charge in [0.25, 0.3) is 0 Å². The lowest BCUT2D eigenvalue weighted by molar-refractivity contribution is 0.0354. The summed E-state index contributed by atoms with van der Waals surface area (Å²) in [6, 6.07) is 0. The van der Waals surface area contributed by atoms with Gasteiger partial charge >= 0.3 is 0 Å². The molecule has 1 saturated carbocycles. The van der Waals surface area contributed by atoms with Crippen LogP contribution in [0.1, 0.15) is 39.0 Å². The third kappa shape index (κ3) is 4.21. The highest BCUT2D eigenvalue weighted by Gasteiger charge is 2.37. The summed E-state index contributed by atoms with van der Waals surface area (Å²) in [6.07, 6.45) is 6.21. The van der Waals surface area contributed by atoms with E-state index >= 15 is 0 Å². The van der Waals surface area contributed by atoms with Crippen molar-refractivity contribution >= 4 is 0 Å². The Kier molecular flexibility index (Phi) is 7.04. The van der Waals surface area contributed by atoms with Crippen molar-refractivity contribution in [3.63, 3.8) is 0 Å². The van der Waals surface area contributed by atoms with Crippen molar-refractivity contribution in [3.8, 4) is 0 Å². The van der Waals surface area contributed by atoms with E-state index in [0.29, 0.717) is 13.2 Å². The molecule has 3 N–H and O–H groups in total. The van der Waals surface area contributed by atoms with Gasteiger partial charge in [-0.3, -0.25) is 4.90 Å². The lowest BCUT2D eigenvalue weighted by Gasteiger charge is -2.40. The molecule has 102 valence electrons. The van der Waals surface area contributed by atoms with Crippen LogP contribution in [0.3, 0.4) is 0 Å². The number of hydrogen-bond donors (Lipinski definition) is 2. The zero-order chi connectivity index (χ0) is 12.6. The minimum Gasteiger partial charge on any atom is -0.394 e. The average Bonchev–Trinajstić information content (AvgIpc) is 2.83. The molecule has 0 aromatic rings. The van der Waals surface area contributed by atoms with Gasteiger partial charge in [0, 0.05) is 18.6 Å². The van der Waals surface area contributed by atoms with Crippen LogP contribution in [0.15, 0.2) is 0 Å². The third-order valence-corrected chi connectivity index (χ3v) is 3.82. The Hall–Kier alpha value is -0.160. The summed E-state index contributed by atoms with van der Waals surface area (Å²) in [7, 11) is 0. The fourth-order valence-corrected chi connectivity index (χ4v) is 2.88. The molecule has 0 spiro atoms. The Morgan fingerprint density at radius 2 is 1.94 bits per heavy atom. The molecule has 1 fully saturated rings. The number of aliphatic hydroxyl groups is 1. The SMILES string of the molecule is CCCN(CCOCCO)C1(CN)CCCC1. The highest BCUT2D eigenvalue weighted by molar-refractivity contribution is 4.95. The van der Waals surface area contributed by atoms with Gasteiger partial charge in [0.1, 0.15) is 0 Å². The van der Waals surface area contributed by atoms with Crippen molar-refractivity contribution in [2.24, 2.45) is 5.73 Å². The van der Waals surface area contributed by atoms with Gasteiger partial charge in [-0.15, -0.1) is 0 Å². The number of nitrogens with zero attached hydrogens (tertiary/aromatic N) is 1. The van der Waals surface area contributed by atoms with Gasteiger partial charge in [0.05, 0.1) is 19.8 Å². The number of rotatable bonds is 9. The van der Waals surface area contributed by atoms with Crippen LogP contribution in [-0.2, 0) is 4.74 Å². The predicted octanol–water partition coefficient (Wildman–Crippen LogP) is 0.979. The van der Waals surface area contributed by atoms with Gasteiger partial charge in [0.15, 0.2) is 0 Å². The molecular weight excluding hydrogens is 216 g/mol. The number of aliphatic hydroxyl groups excluding tert-OH is 1. The van der Waals surface area contributed by atoms with Crippen LogP contribution in [-0.4, -0.2) is 55.0 Å². The van der Waals surface area contributed by atoms with Gasteiger partial charge in [-0.1, -0.05) is 19.8 Å². The van der Waals surface area contributed by atoms with E-state index in [1.807, 2.05) is 0 Å². The lowest BCUT2D eigenvalue weighted by Crippen LogP contribution is -2.53. The molecule has 0 heterocycles. The van der Waals surface area contributed by atoms with E-state index in [1.54, 1.807) is 0 Å². The maximum atomic E-state index is 8.68. The highest BCUT2D eigenvalue weighted by atomic mass is 16.5. The predicted molar refractivity (Wildman–Crippen MR) is 70.0 cm³/mol. The maximum absolute atomic E-state index is 8.68. The molecule has 0 radical (unpaired) electrons. The summed E-state index contributed by atoms with van der Waals surface area (Å²) in [6.45, 7) is 6.24. The molecule has 0 aromatic carbocycles. The molecule has 0 saturated heterocycles. The smallest absolute Gasteiger partial charge is 0.0698 e. The fraction of sp³-hybridized carbons (Fsp3) is 1.00. The molecule has 1 aliphatic rings. The second-order valence-corrected chi connectivity index (χ2v) is 4.96. The van der Waals surface area contributed by atoms with Crippen molar-refractivity contribution in [1.82, 2.24) is 4.90 Å². The van der Waals surface area contributed by atoms with E-state index < -0.39 is 0 Å². The monoisotopic (exact) mass is 244 g/mol. The standard InChI is InChI=1S/C13H28N2O2/c1-2-7-15(8-10-17-11-9-16)13(12-14)5-3-4-6-13/h16H,2-12,14H2,1H3. The molecule has 17 heavy (non-hydrogen) atoms. The Bertz CT molecular complexity index is 194. The van der Waals surface area contributed by atoms with Crippen LogP contribution in [0.25, 0.3) is 0 Å². The van der Waals surface area contributed by atoms with Crippen molar-refractivity contribution in [1.29, 1.82) is 0 Å².